The monoisotopic (exact) mass is 428 g/mol. The molecule has 3 aromatic rings. The third-order valence-corrected chi connectivity index (χ3v) is 5.25. The first-order chi connectivity index (χ1) is 11.3. The number of aromatic amines is 1. The van der Waals surface area contributed by atoms with Crippen molar-refractivity contribution < 1.29 is 13.2 Å². The van der Waals surface area contributed by atoms with Crippen LogP contribution in [0.1, 0.15) is 0 Å². The highest BCUT2D eigenvalue weighted by Gasteiger charge is 2.21. The fraction of sp³-hybridized carbons (Fsp3) is 0.0667. The van der Waals surface area contributed by atoms with Crippen LogP contribution in [0.4, 0.5) is 0 Å². The molecule has 3 rings (SSSR count). The van der Waals surface area contributed by atoms with Gasteiger partial charge in [-0.3, -0.25) is 4.79 Å². The van der Waals surface area contributed by atoms with Crippen molar-refractivity contribution >= 4 is 46.7 Å². The fourth-order valence-electron chi connectivity index (χ4n) is 2.37. The zero-order valence-electron chi connectivity index (χ0n) is 12.2. The summed E-state index contributed by atoms with van der Waals surface area (Å²) in [4.78, 5) is 17.9. The highest BCUT2D eigenvalue weighted by atomic mass is 79.9. The number of aromatic nitrogens is 2. The number of methoxy groups -OCH3 is 1. The molecule has 0 fully saturated rings. The van der Waals surface area contributed by atoms with Crippen molar-refractivity contribution in [3.63, 3.8) is 0 Å². The Hall–Kier alpha value is -1.90. The van der Waals surface area contributed by atoms with Gasteiger partial charge >= 0.3 is 0 Å². The number of hydrogen-bond donors (Lipinski definition) is 1. The number of H-pyrrole nitrogens is 1. The van der Waals surface area contributed by atoms with Gasteiger partial charge in [0.1, 0.15) is 5.75 Å². The smallest absolute Gasteiger partial charge is 0.266 e. The molecule has 0 unspecified atom stereocenters. The molecule has 2 aromatic carbocycles. The summed E-state index contributed by atoms with van der Waals surface area (Å²) in [5.41, 5.74) is 1.15. The molecule has 0 aliphatic heterocycles. The summed E-state index contributed by atoms with van der Waals surface area (Å²) in [6, 6.07) is 7.99. The average Bonchev–Trinajstić information content (AvgIpc) is 2.52. The normalized spacial score (nSPS) is 11.6. The first-order valence-corrected chi connectivity index (χ1v) is 9.71. The molecule has 0 aliphatic carbocycles. The van der Waals surface area contributed by atoms with Gasteiger partial charge in [0.05, 0.1) is 29.2 Å². The lowest BCUT2D eigenvalue weighted by Gasteiger charge is -2.13. The summed E-state index contributed by atoms with van der Waals surface area (Å²) in [6.07, 6.45) is 1.08. The molecule has 1 N–H and O–H groups in total. The topological polar surface area (TPSA) is 89.1 Å². The van der Waals surface area contributed by atoms with Crippen molar-refractivity contribution in [3.05, 3.63) is 51.4 Å². The van der Waals surface area contributed by atoms with Crippen LogP contribution in [0.3, 0.4) is 0 Å². The summed E-state index contributed by atoms with van der Waals surface area (Å²) in [7, 11) is 3.03. The molecule has 0 atom stereocenters. The lowest BCUT2D eigenvalue weighted by molar-refractivity contribution is 0.416. The Labute approximate surface area is 150 Å². The van der Waals surface area contributed by atoms with E-state index in [1.54, 1.807) is 18.2 Å². The van der Waals surface area contributed by atoms with E-state index in [2.05, 4.69) is 25.9 Å². The number of benzene rings is 2. The van der Waals surface area contributed by atoms with E-state index in [-0.39, 0.29) is 4.90 Å². The van der Waals surface area contributed by atoms with E-state index in [9.17, 15) is 13.2 Å². The minimum Gasteiger partial charge on any atom is -0.496 e. The summed E-state index contributed by atoms with van der Waals surface area (Å²) in [5, 5.41) is 0. The van der Waals surface area contributed by atoms with E-state index < -0.39 is 14.6 Å². The standard InChI is InChI=1S/C15H10BrClN2O4S/c1-23-13-4-8(16)2-3-9(13)10-5-12-11(18-7-15(20)19-12)6-14(10)24(17,21)22/h2-7H,1H3,(H,19,20). The maximum atomic E-state index is 12.0. The second-order valence-corrected chi connectivity index (χ2v) is 8.35. The van der Waals surface area contributed by atoms with Gasteiger partial charge in [-0.2, -0.15) is 0 Å². The molecule has 1 heterocycles. The third-order valence-electron chi connectivity index (χ3n) is 3.39. The van der Waals surface area contributed by atoms with E-state index >= 15 is 0 Å². The van der Waals surface area contributed by atoms with Gasteiger partial charge in [-0.15, -0.1) is 0 Å². The molecule has 0 bridgehead atoms. The summed E-state index contributed by atoms with van der Waals surface area (Å²) < 4.78 is 30.1. The summed E-state index contributed by atoms with van der Waals surface area (Å²) >= 11 is 3.34. The number of rotatable bonds is 3. The number of hydrogen-bond acceptors (Lipinski definition) is 5. The number of fused-ring (bicyclic) bond motifs is 1. The maximum Gasteiger partial charge on any atom is 0.266 e. The van der Waals surface area contributed by atoms with E-state index in [1.807, 2.05) is 0 Å². The zero-order chi connectivity index (χ0) is 17.5. The molecular formula is C15H10BrClN2O4S. The minimum atomic E-state index is -4.05. The van der Waals surface area contributed by atoms with Crippen molar-refractivity contribution in [1.82, 2.24) is 9.97 Å². The van der Waals surface area contributed by atoms with Gasteiger partial charge < -0.3 is 9.72 Å². The SMILES string of the molecule is COc1cc(Br)ccc1-c1cc2[nH]c(=O)cnc2cc1S(=O)(=O)Cl. The van der Waals surface area contributed by atoms with Gasteiger partial charge in [0.15, 0.2) is 0 Å². The van der Waals surface area contributed by atoms with Crippen LogP contribution in [0.15, 0.2) is 50.7 Å². The third kappa shape index (κ3) is 3.17. The van der Waals surface area contributed by atoms with Gasteiger partial charge in [-0.25, -0.2) is 13.4 Å². The van der Waals surface area contributed by atoms with Crippen molar-refractivity contribution in [2.45, 2.75) is 4.90 Å². The molecule has 6 nitrogen and oxygen atoms in total. The number of nitrogens with zero attached hydrogens (tertiary/aromatic N) is 1. The number of ether oxygens (including phenoxy) is 1. The number of halogens is 2. The first kappa shape index (κ1) is 16.9. The molecule has 0 amide bonds. The van der Waals surface area contributed by atoms with E-state index in [0.717, 1.165) is 10.7 Å². The zero-order valence-corrected chi connectivity index (χ0v) is 15.4. The van der Waals surface area contributed by atoms with Crippen molar-refractivity contribution in [2.24, 2.45) is 0 Å². The molecule has 0 radical (unpaired) electrons. The molecule has 0 saturated carbocycles. The molecule has 9 heteroatoms. The highest BCUT2D eigenvalue weighted by molar-refractivity contribution is 9.10. The Bertz CT molecular complexity index is 1110. The van der Waals surface area contributed by atoms with E-state index in [1.165, 1.54) is 19.2 Å². The molecule has 1 aromatic heterocycles. The largest absolute Gasteiger partial charge is 0.496 e. The summed E-state index contributed by atoms with van der Waals surface area (Å²) in [5.74, 6) is 0.455. The van der Waals surface area contributed by atoms with Crippen LogP contribution in [0.2, 0.25) is 0 Å². The van der Waals surface area contributed by atoms with Crippen LogP contribution in [-0.2, 0) is 9.05 Å². The Balaban J connectivity index is 2.43. The maximum absolute atomic E-state index is 12.0. The predicted octanol–water partition coefficient (Wildman–Crippen LogP) is 3.29. The van der Waals surface area contributed by atoms with Gasteiger partial charge in [-0.05, 0) is 30.3 Å². The van der Waals surface area contributed by atoms with Crippen LogP contribution < -0.4 is 10.3 Å². The quantitative estimate of drug-likeness (QED) is 0.645. The van der Waals surface area contributed by atoms with Crippen LogP contribution in [0, 0.1) is 0 Å². The van der Waals surface area contributed by atoms with Crippen LogP contribution in [-0.4, -0.2) is 25.5 Å². The summed E-state index contributed by atoms with van der Waals surface area (Å²) in [6.45, 7) is 0. The highest BCUT2D eigenvalue weighted by Crippen LogP contribution is 2.38. The Morgan fingerprint density at radius 3 is 2.62 bits per heavy atom. The molecule has 0 aliphatic rings. The molecular weight excluding hydrogens is 420 g/mol. The molecule has 124 valence electrons. The van der Waals surface area contributed by atoms with Crippen molar-refractivity contribution in [2.75, 3.05) is 7.11 Å². The van der Waals surface area contributed by atoms with Gasteiger partial charge in [0, 0.05) is 26.3 Å². The Morgan fingerprint density at radius 2 is 1.96 bits per heavy atom. The van der Waals surface area contributed by atoms with Crippen LogP contribution in [0.5, 0.6) is 5.75 Å². The van der Waals surface area contributed by atoms with Crippen LogP contribution >= 0.6 is 26.6 Å². The Morgan fingerprint density at radius 1 is 1.21 bits per heavy atom. The van der Waals surface area contributed by atoms with E-state index in [4.69, 9.17) is 15.4 Å². The fourth-order valence-corrected chi connectivity index (χ4v) is 3.78. The second-order valence-electron chi connectivity index (χ2n) is 4.90. The van der Waals surface area contributed by atoms with Crippen molar-refractivity contribution in [1.29, 1.82) is 0 Å². The average molecular weight is 430 g/mol. The van der Waals surface area contributed by atoms with Crippen LogP contribution in [0.25, 0.3) is 22.2 Å². The second kappa shape index (κ2) is 6.19. The molecule has 0 spiro atoms. The lowest BCUT2D eigenvalue weighted by Crippen LogP contribution is -2.06. The first-order valence-electron chi connectivity index (χ1n) is 6.61. The molecule has 24 heavy (non-hydrogen) atoms. The predicted molar refractivity (Wildman–Crippen MR) is 95.1 cm³/mol. The van der Waals surface area contributed by atoms with Gasteiger partial charge in [-0.1, -0.05) is 15.9 Å². The Kier molecular flexibility index (Phi) is 4.37. The van der Waals surface area contributed by atoms with Crippen molar-refractivity contribution in [3.8, 4) is 16.9 Å². The van der Waals surface area contributed by atoms with Gasteiger partial charge in [0.25, 0.3) is 14.6 Å². The number of nitrogens with one attached hydrogen (secondary N) is 1. The lowest BCUT2D eigenvalue weighted by atomic mass is 10.0. The minimum absolute atomic E-state index is 0.114. The van der Waals surface area contributed by atoms with Gasteiger partial charge in [0.2, 0.25) is 0 Å². The molecule has 0 saturated heterocycles. The van der Waals surface area contributed by atoms with E-state index in [0.29, 0.717) is 27.9 Å².